The van der Waals surface area contributed by atoms with Crippen molar-refractivity contribution in [2.75, 3.05) is 26.8 Å². The Morgan fingerprint density at radius 3 is 2.86 bits per heavy atom. The average Bonchev–Trinajstić information content (AvgIpc) is 3.25. The molecule has 0 aromatic heterocycles. The number of ether oxygens (including phenoxy) is 1. The summed E-state index contributed by atoms with van der Waals surface area (Å²) in [5.74, 6) is -1.49. The van der Waals surface area contributed by atoms with Gasteiger partial charge in [0.2, 0.25) is 11.8 Å². The van der Waals surface area contributed by atoms with Crippen LogP contribution in [0.4, 0.5) is 4.39 Å². The Hall–Kier alpha value is -1.66. The van der Waals surface area contributed by atoms with Crippen molar-refractivity contribution in [3.63, 3.8) is 0 Å². The summed E-state index contributed by atoms with van der Waals surface area (Å²) in [7, 11) is 1.54. The molecule has 1 aliphatic carbocycles. The largest absolute Gasteiger partial charge is 0.383 e. The number of halogens is 2. The van der Waals surface area contributed by atoms with E-state index in [0.29, 0.717) is 30.2 Å². The molecule has 1 aliphatic rings. The summed E-state index contributed by atoms with van der Waals surface area (Å²) in [4.78, 5) is 23.4. The van der Waals surface area contributed by atoms with Gasteiger partial charge in [0.1, 0.15) is 5.82 Å². The fourth-order valence-electron chi connectivity index (χ4n) is 2.32. The number of nitrogens with one attached hydrogen (secondary N) is 2. The molecule has 120 valence electrons. The molecular formula is C15H18ClFN2O3. The van der Waals surface area contributed by atoms with Crippen molar-refractivity contribution in [2.24, 2.45) is 5.92 Å². The van der Waals surface area contributed by atoms with Crippen molar-refractivity contribution < 1.29 is 18.7 Å². The zero-order chi connectivity index (χ0) is 16.1. The number of carbonyl (C=O) groups is 2. The van der Waals surface area contributed by atoms with Crippen LogP contribution < -0.4 is 10.6 Å². The van der Waals surface area contributed by atoms with E-state index in [2.05, 4.69) is 10.6 Å². The minimum atomic E-state index is -0.398. The lowest BCUT2D eigenvalue weighted by Crippen LogP contribution is -2.38. The van der Waals surface area contributed by atoms with Gasteiger partial charge in [-0.1, -0.05) is 17.7 Å². The quantitative estimate of drug-likeness (QED) is 0.745. The number of carbonyl (C=O) groups excluding carboxylic acids is 2. The molecule has 1 saturated carbocycles. The number of hydrogen-bond acceptors (Lipinski definition) is 3. The average molecular weight is 329 g/mol. The molecule has 0 aliphatic heterocycles. The van der Waals surface area contributed by atoms with Crippen molar-refractivity contribution >= 4 is 23.4 Å². The van der Waals surface area contributed by atoms with Gasteiger partial charge in [-0.2, -0.15) is 0 Å². The van der Waals surface area contributed by atoms with Gasteiger partial charge in [0.05, 0.1) is 13.2 Å². The fourth-order valence-corrected chi connectivity index (χ4v) is 2.63. The highest BCUT2D eigenvalue weighted by atomic mass is 35.5. The molecule has 1 fully saturated rings. The molecule has 0 saturated heterocycles. The first-order valence-corrected chi connectivity index (χ1v) is 7.39. The summed E-state index contributed by atoms with van der Waals surface area (Å²) in [6.45, 7) is 0.703. The van der Waals surface area contributed by atoms with E-state index >= 15 is 0 Å². The summed E-state index contributed by atoms with van der Waals surface area (Å²) in [5.41, 5.74) is 0.383. The van der Waals surface area contributed by atoms with E-state index in [0.717, 1.165) is 0 Å². The molecule has 2 amide bonds. The highest BCUT2D eigenvalue weighted by Crippen LogP contribution is 2.50. The molecular weight excluding hydrogens is 311 g/mol. The van der Waals surface area contributed by atoms with E-state index in [1.54, 1.807) is 6.07 Å². The van der Waals surface area contributed by atoms with Gasteiger partial charge in [-0.05, 0) is 18.6 Å². The standard InChI is InChI=1S/C15H18ClFN2O3/c1-22-6-5-18-13(20)8-19-15(21)10-7-9(10)14-11(16)3-2-4-12(14)17/h2-4,9-10H,5-8H2,1H3,(H,18,20)(H,19,21)/t9-,10-/m0/s1. The molecule has 2 rings (SSSR count). The third-order valence-electron chi connectivity index (χ3n) is 3.55. The monoisotopic (exact) mass is 328 g/mol. The lowest BCUT2D eigenvalue weighted by Gasteiger charge is -2.07. The molecule has 0 heterocycles. The first kappa shape index (κ1) is 16.7. The topological polar surface area (TPSA) is 67.4 Å². The van der Waals surface area contributed by atoms with Gasteiger partial charge in [-0.15, -0.1) is 0 Å². The number of methoxy groups -OCH3 is 1. The number of hydrogen-bond donors (Lipinski definition) is 2. The van der Waals surface area contributed by atoms with Crippen LogP contribution >= 0.6 is 11.6 Å². The minimum absolute atomic E-state index is 0.100. The predicted molar refractivity (Wildman–Crippen MR) is 80.2 cm³/mol. The lowest BCUT2D eigenvalue weighted by molar-refractivity contribution is -0.126. The Labute approximate surface area is 133 Å². The van der Waals surface area contributed by atoms with E-state index in [-0.39, 0.29) is 30.2 Å². The van der Waals surface area contributed by atoms with E-state index in [4.69, 9.17) is 16.3 Å². The van der Waals surface area contributed by atoms with Gasteiger partial charge < -0.3 is 15.4 Å². The smallest absolute Gasteiger partial charge is 0.239 e. The van der Waals surface area contributed by atoms with Crippen molar-refractivity contribution in [1.82, 2.24) is 10.6 Å². The van der Waals surface area contributed by atoms with Crippen LogP contribution in [0.15, 0.2) is 18.2 Å². The van der Waals surface area contributed by atoms with Crippen LogP contribution in [0.3, 0.4) is 0 Å². The van der Waals surface area contributed by atoms with Crippen LogP contribution in [0.1, 0.15) is 17.9 Å². The Morgan fingerprint density at radius 2 is 2.18 bits per heavy atom. The number of benzene rings is 1. The third-order valence-corrected chi connectivity index (χ3v) is 3.88. The zero-order valence-corrected chi connectivity index (χ0v) is 13.0. The van der Waals surface area contributed by atoms with Gasteiger partial charge in [-0.3, -0.25) is 9.59 Å². The highest BCUT2D eigenvalue weighted by Gasteiger charge is 2.46. The van der Waals surface area contributed by atoms with Crippen molar-refractivity contribution in [1.29, 1.82) is 0 Å². The van der Waals surface area contributed by atoms with E-state index < -0.39 is 5.82 Å². The Balaban J connectivity index is 1.80. The molecule has 0 unspecified atom stereocenters. The SMILES string of the molecule is COCCNC(=O)CNC(=O)[C@H]1C[C@@H]1c1c(F)cccc1Cl. The zero-order valence-electron chi connectivity index (χ0n) is 12.2. The summed E-state index contributed by atoms with van der Waals surface area (Å²) in [5, 5.41) is 5.48. The van der Waals surface area contributed by atoms with E-state index in [9.17, 15) is 14.0 Å². The molecule has 7 heteroatoms. The van der Waals surface area contributed by atoms with Crippen LogP contribution in [0.5, 0.6) is 0 Å². The Bertz CT molecular complexity index is 547. The molecule has 2 atom stereocenters. The number of amides is 2. The van der Waals surface area contributed by atoms with Gasteiger partial charge in [0.25, 0.3) is 0 Å². The first-order valence-electron chi connectivity index (χ1n) is 7.01. The molecule has 2 N–H and O–H groups in total. The molecule has 0 bridgehead atoms. The molecule has 22 heavy (non-hydrogen) atoms. The molecule has 1 aromatic carbocycles. The van der Waals surface area contributed by atoms with Crippen LogP contribution in [0, 0.1) is 11.7 Å². The second-order valence-corrected chi connectivity index (χ2v) is 5.55. The summed E-state index contributed by atoms with van der Waals surface area (Å²) >= 11 is 5.99. The van der Waals surface area contributed by atoms with Gasteiger partial charge in [-0.25, -0.2) is 4.39 Å². The van der Waals surface area contributed by atoms with E-state index in [1.165, 1.54) is 19.2 Å². The Kier molecular flexibility index (Phi) is 5.74. The molecule has 1 aromatic rings. The Morgan fingerprint density at radius 1 is 1.41 bits per heavy atom. The first-order chi connectivity index (χ1) is 10.5. The van der Waals surface area contributed by atoms with Crippen LogP contribution in [0.25, 0.3) is 0 Å². The third kappa shape index (κ3) is 4.18. The maximum atomic E-state index is 13.8. The molecule has 5 nitrogen and oxygen atoms in total. The van der Waals surface area contributed by atoms with Crippen molar-refractivity contribution in [3.05, 3.63) is 34.6 Å². The fraction of sp³-hybridized carbons (Fsp3) is 0.467. The van der Waals surface area contributed by atoms with Crippen LogP contribution in [0.2, 0.25) is 5.02 Å². The van der Waals surface area contributed by atoms with E-state index in [1.807, 2.05) is 0 Å². The number of rotatable bonds is 7. The summed E-state index contributed by atoms with van der Waals surface area (Å²) < 4.78 is 18.6. The lowest BCUT2D eigenvalue weighted by atomic mass is 10.1. The molecule has 0 radical (unpaired) electrons. The van der Waals surface area contributed by atoms with Crippen molar-refractivity contribution in [3.8, 4) is 0 Å². The normalized spacial score (nSPS) is 19.6. The minimum Gasteiger partial charge on any atom is -0.383 e. The molecule has 0 spiro atoms. The van der Waals surface area contributed by atoms with Crippen LogP contribution in [-0.4, -0.2) is 38.6 Å². The van der Waals surface area contributed by atoms with Crippen LogP contribution in [-0.2, 0) is 14.3 Å². The highest BCUT2D eigenvalue weighted by molar-refractivity contribution is 6.31. The maximum absolute atomic E-state index is 13.8. The second kappa shape index (κ2) is 7.56. The van der Waals surface area contributed by atoms with Gasteiger partial charge >= 0.3 is 0 Å². The maximum Gasteiger partial charge on any atom is 0.239 e. The van der Waals surface area contributed by atoms with Crippen molar-refractivity contribution in [2.45, 2.75) is 12.3 Å². The summed E-state index contributed by atoms with van der Waals surface area (Å²) in [6, 6.07) is 4.47. The van der Waals surface area contributed by atoms with Gasteiger partial charge in [0.15, 0.2) is 0 Å². The second-order valence-electron chi connectivity index (χ2n) is 5.14. The summed E-state index contributed by atoms with van der Waals surface area (Å²) in [6.07, 6.45) is 0.539. The van der Waals surface area contributed by atoms with Gasteiger partial charge in [0, 0.05) is 36.1 Å². The predicted octanol–water partition coefficient (Wildman–Crippen LogP) is 1.46.